The number of carbonyl (C=O) groups excluding carboxylic acids is 2. The summed E-state index contributed by atoms with van der Waals surface area (Å²) in [5, 5.41) is 0. The second-order valence-corrected chi connectivity index (χ2v) is 10.3. The summed E-state index contributed by atoms with van der Waals surface area (Å²) in [6, 6.07) is 10.5. The molecule has 0 unspecified atom stereocenters. The molecule has 2 aromatic carbocycles. The molecule has 0 aromatic heterocycles. The summed E-state index contributed by atoms with van der Waals surface area (Å²) >= 11 is 0. The molecule has 0 aliphatic rings. The van der Waals surface area contributed by atoms with Crippen LogP contribution in [0.5, 0.6) is 23.0 Å². The Morgan fingerprint density at radius 3 is 1.30 bits per heavy atom. The fourth-order valence-corrected chi connectivity index (χ4v) is 4.00. The van der Waals surface area contributed by atoms with Crippen LogP contribution >= 0.6 is 0 Å². The van der Waals surface area contributed by atoms with Crippen molar-refractivity contribution < 1.29 is 38.0 Å². The Bertz CT molecular complexity index is 1010. The Morgan fingerprint density at radius 2 is 0.975 bits per heavy atom. The van der Waals surface area contributed by atoms with Crippen molar-refractivity contribution in [2.75, 3.05) is 41.5 Å². The number of carbonyl (C=O) groups is 2. The molecule has 0 bridgehead atoms. The number of unbranched alkanes of at least 4 members (excludes halogenated alkanes) is 3. The lowest BCUT2D eigenvalue weighted by Crippen LogP contribution is -2.44. The van der Waals surface area contributed by atoms with Crippen molar-refractivity contribution >= 4 is 12.2 Å². The van der Waals surface area contributed by atoms with Gasteiger partial charge in [-0.3, -0.25) is 0 Å². The van der Waals surface area contributed by atoms with Gasteiger partial charge in [-0.25, -0.2) is 14.5 Å². The van der Waals surface area contributed by atoms with Gasteiger partial charge in [0.05, 0.1) is 28.4 Å². The number of rotatable bonds is 14. The van der Waals surface area contributed by atoms with E-state index in [1.54, 1.807) is 92.5 Å². The van der Waals surface area contributed by atoms with E-state index >= 15 is 0 Å². The third-order valence-electron chi connectivity index (χ3n) is 6.55. The maximum atomic E-state index is 13.5. The van der Waals surface area contributed by atoms with Gasteiger partial charge in [-0.15, -0.1) is 0 Å². The molecule has 222 valence electrons. The topological polar surface area (TPSA) is 119 Å². The van der Waals surface area contributed by atoms with E-state index in [1.807, 2.05) is 0 Å². The molecule has 0 saturated carbocycles. The van der Waals surface area contributed by atoms with Crippen LogP contribution < -0.4 is 24.7 Å². The molecule has 0 saturated heterocycles. The molecule has 0 aliphatic heterocycles. The summed E-state index contributed by atoms with van der Waals surface area (Å²) in [4.78, 5) is 28.0. The van der Waals surface area contributed by atoms with Crippen LogP contribution in [0.1, 0.15) is 64.5 Å². The molecular weight excluding hydrogens is 516 g/mol. The van der Waals surface area contributed by atoms with Crippen molar-refractivity contribution in [3.8, 4) is 23.0 Å². The molecule has 0 radical (unpaired) electrons. The highest BCUT2D eigenvalue weighted by Gasteiger charge is 2.36. The number of benzene rings is 2. The van der Waals surface area contributed by atoms with E-state index in [4.69, 9.17) is 34.2 Å². The van der Waals surface area contributed by atoms with Gasteiger partial charge < -0.3 is 34.2 Å². The minimum absolute atomic E-state index is 0.122. The van der Waals surface area contributed by atoms with Crippen LogP contribution in [-0.4, -0.2) is 58.6 Å². The monoisotopic (exact) mass is 560 g/mol. The normalized spacial score (nSPS) is 11.4. The smallest absolute Gasteiger partial charge is 0.420 e. The molecular formula is C30H44N2O8. The van der Waals surface area contributed by atoms with E-state index in [-0.39, 0.29) is 6.54 Å². The maximum Gasteiger partial charge on any atom is 0.420 e. The second-order valence-electron chi connectivity index (χ2n) is 10.3. The highest BCUT2D eigenvalue weighted by molar-refractivity contribution is 5.88. The molecule has 0 spiro atoms. The van der Waals surface area contributed by atoms with Crippen LogP contribution in [0.3, 0.4) is 0 Å². The number of hydrogen-bond acceptors (Lipinski definition) is 9. The van der Waals surface area contributed by atoms with E-state index in [1.165, 1.54) is 0 Å². The fourth-order valence-electron chi connectivity index (χ4n) is 4.00. The molecule has 10 heteroatoms. The Morgan fingerprint density at radius 1 is 0.625 bits per heavy atom. The molecule has 0 atom stereocenters. The average Bonchev–Trinajstić information content (AvgIpc) is 2.93. The summed E-state index contributed by atoms with van der Waals surface area (Å²) in [7, 11) is 6.17. The van der Waals surface area contributed by atoms with Gasteiger partial charge in [-0.05, 0) is 71.3 Å². The molecule has 10 nitrogen and oxygen atoms in total. The van der Waals surface area contributed by atoms with Crippen molar-refractivity contribution in [2.45, 2.75) is 64.6 Å². The van der Waals surface area contributed by atoms with Gasteiger partial charge in [-0.1, -0.05) is 12.8 Å². The zero-order valence-electron chi connectivity index (χ0n) is 25.0. The molecule has 0 heterocycles. The van der Waals surface area contributed by atoms with Crippen LogP contribution in [0.25, 0.3) is 0 Å². The third-order valence-corrected chi connectivity index (χ3v) is 6.55. The van der Waals surface area contributed by atoms with Crippen molar-refractivity contribution in [3.05, 3.63) is 47.5 Å². The van der Waals surface area contributed by atoms with Gasteiger partial charge in [0.25, 0.3) is 0 Å². The summed E-state index contributed by atoms with van der Waals surface area (Å²) < 4.78 is 33.3. The highest BCUT2D eigenvalue weighted by Crippen LogP contribution is 2.34. The van der Waals surface area contributed by atoms with Crippen molar-refractivity contribution in [2.24, 2.45) is 5.73 Å². The summed E-state index contributed by atoms with van der Waals surface area (Å²) in [5.41, 5.74) is 4.64. The molecule has 0 fully saturated rings. The number of nitrogens with zero attached hydrogens (tertiary/aromatic N) is 1. The molecule has 40 heavy (non-hydrogen) atoms. The number of imide groups is 1. The molecule has 2 amide bonds. The molecule has 2 aromatic rings. The lowest BCUT2D eigenvalue weighted by atomic mass is 9.97. The first kappa shape index (κ1) is 32.6. The van der Waals surface area contributed by atoms with Crippen LogP contribution in [0.4, 0.5) is 9.59 Å². The number of hydrogen-bond donors (Lipinski definition) is 1. The minimum atomic E-state index is -1.12. The average molecular weight is 561 g/mol. The van der Waals surface area contributed by atoms with E-state index in [9.17, 15) is 9.59 Å². The highest BCUT2D eigenvalue weighted by atomic mass is 16.6. The first-order valence-electron chi connectivity index (χ1n) is 13.3. The fraction of sp³-hybridized carbons (Fsp3) is 0.533. The Kier molecular flexibility index (Phi) is 11.9. The van der Waals surface area contributed by atoms with Gasteiger partial charge in [0.1, 0.15) is 34.2 Å². The molecule has 2 rings (SSSR count). The summed E-state index contributed by atoms with van der Waals surface area (Å²) in [6.45, 7) is 7.64. The molecule has 0 aliphatic carbocycles. The first-order valence-corrected chi connectivity index (χ1v) is 13.3. The number of methoxy groups -OCH3 is 4. The van der Waals surface area contributed by atoms with Crippen LogP contribution in [0, 0.1) is 0 Å². The number of amides is 2. The first-order chi connectivity index (χ1) is 18.9. The van der Waals surface area contributed by atoms with Gasteiger partial charge in [-0.2, -0.15) is 0 Å². The Hall–Kier alpha value is -3.66. The predicted molar refractivity (Wildman–Crippen MR) is 152 cm³/mol. The lowest BCUT2D eigenvalue weighted by Gasteiger charge is -2.32. The van der Waals surface area contributed by atoms with Gasteiger partial charge >= 0.3 is 12.2 Å². The summed E-state index contributed by atoms with van der Waals surface area (Å²) in [6.07, 6.45) is 1.47. The zero-order chi connectivity index (χ0) is 29.9. The van der Waals surface area contributed by atoms with Crippen LogP contribution in [0.15, 0.2) is 36.4 Å². The zero-order valence-corrected chi connectivity index (χ0v) is 25.0. The van der Waals surface area contributed by atoms with Crippen LogP contribution in [0.2, 0.25) is 0 Å². The standard InChI is InChI=1S/C30H44N2O8/c1-29(2,21-15-23(35-5)19-24(16-21)36-6)39-27(33)32(14-12-10-9-11-13-31)28(34)40-30(3,4)22-17-25(37-7)20-26(18-22)38-8/h15-20H,9-14,31H2,1-8H3. The van der Waals surface area contributed by atoms with Crippen molar-refractivity contribution in [1.29, 1.82) is 0 Å². The van der Waals surface area contributed by atoms with E-state index < -0.39 is 23.4 Å². The van der Waals surface area contributed by atoms with Crippen molar-refractivity contribution in [1.82, 2.24) is 4.90 Å². The largest absolute Gasteiger partial charge is 0.497 e. The lowest BCUT2D eigenvalue weighted by molar-refractivity contribution is -0.0128. The third kappa shape index (κ3) is 8.94. The second kappa shape index (κ2) is 14.6. The maximum absolute atomic E-state index is 13.5. The Labute approximate surface area is 237 Å². The Balaban J connectivity index is 2.32. The van der Waals surface area contributed by atoms with Gasteiger partial charge in [0.2, 0.25) is 0 Å². The number of ether oxygens (including phenoxy) is 6. The van der Waals surface area contributed by atoms with E-state index in [0.29, 0.717) is 47.1 Å². The van der Waals surface area contributed by atoms with E-state index in [2.05, 4.69) is 0 Å². The van der Waals surface area contributed by atoms with E-state index in [0.717, 1.165) is 24.2 Å². The predicted octanol–water partition coefficient (Wildman–Crippen LogP) is 5.99. The van der Waals surface area contributed by atoms with Gasteiger partial charge in [0.15, 0.2) is 0 Å². The number of nitrogens with two attached hydrogens (primary N) is 1. The minimum Gasteiger partial charge on any atom is -0.497 e. The van der Waals surface area contributed by atoms with Crippen molar-refractivity contribution in [3.63, 3.8) is 0 Å². The quantitative estimate of drug-likeness (QED) is 0.278. The summed E-state index contributed by atoms with van der Waals surface area (Å²) in [5.74, 6) is 2.19. The van der Waals surface area contributed by atoms with Crippen LogP contribution in [-0.2, 0) is 20.7 Å². The SMILES string of the molecule is COc1cc(OC)cc(C(C)(C)OC(=O)N(CCCCCCN)C(=O)OC(C)(C)c2cc(OC)cc(OC)c2)c1. The molecule has 2 N–H and O–H groups in total. The van der Waals surface area contributed by atoms with Gasteiger partial charge in [0, 0.05) is 29.8 Å².